The van der Waals surface area contributed by atoms with Crippen LogP contribution in [0.3, 0.4) is 0 Å². The Morgan fingerprint density at radius 2 is 1.67 bits per heavy atom. The normalized spacial score (nSPS) is 10.6. The van der Waals surface area contributed by atoms with Gasteiger partial charge in [-0.1, -0.05) is 35.5 Å². The second-order valence-corrected chi connectivity index (χ2v) is 8.77. The fourth-order valence-corrected chi connectivity index (χ4v) is 4.19. The number of benzene rings is 3. The lowest BCUT2D eigenvalue weighted by atomic mass is 10.2. The molecule has 0 aliphatic heterocycles. The average molecular weight is 505 g/mol. The molecule has 1 amide bonds. The molecule has 1 aromatic heterocycles. The summed E-state index contributed by atoms with van der Waals surface area (Å²) in [5.74, 6) is 2.81. The highest BCUT2D eigenvalue weighted by Crippen LogP contribution is 2.25. The number of nitrogens with one attached hydrogen (secondary N) is 1. The van der Waals surface area contributed by atoms with E-state index in [1.807, 2.05) is 85.1 Å². The van der Waals surface area contributed by atoms with Crippen LogP contribution in [0.4, 0.5) is 5.69 Å². The SMILES string of the molecule is CCOc1ccc(-n2c(COc3ccc(C)cc3)nnc2SCC(=O)Nc2cccc(OC)c2)cc1. The van der Waals surface area contributed by atoms with Gasteiger partial charge in [-0.25, -0.2) is 0 Å². The second kappa shape index (κ2) is 12.1. The minimum Gasteiger partial charge on any atom is -0.497 e. The molecule has 0 aliphatic rings. The zero-order chi connectivity index (χ0) is 25.3. The van der Waals surface area contributed by atoms with Gasteiger partial charge in [0, 0.05) is 17.4 Å². The number of aromatic nitrogens is 3. The van der Waals surface area contributed by atoms with E-state index in [-0.39, 0.29) is 18.3 Å². The summed E-state index contributed by atoms with van der Waals surface area (Å²) in [4.78, 5) is 12.6. The molecule has 1 N–H and O–H groups in total. The number of amides is 1. The molecule has 0 unspecified atom stereocenters. The molecule has 0 bridgehead atoms. The fourth-order valence-electron chi connectivity index (χ4n) is 3.42. The molecular formula is C27H28N4O4S. The molecule has 186 valence electrons. The Bertz CT molecular complexity index is 1290. The van der Waals surface area contributed by atoms with Gasteiger partial charge in [-0.15, -0.1) is 10.2 Å². The number of methoxy groups -OCH3 is 1. The highest BCUT2D eigenvalue weighted by atomic mass is 32.2. The van der Waals surface area contributed by atoms with Gasteiger partial charge in [0.25, 0.3) is 0 Å². The summed E-state index contributed by atoms with van der Waals surface area (Å²) in [6.07, 6.45) is 0. The van der Waals surface area contributed by atoms with E-state index >= 15 is 0 Å². The maximum absolute atomic E-state index is 12.6. The maximum Gasteiger partial charge on any atom is 0.234 e. The largest absolute Gasteiger partial charge is 0.497 e. The van der Waals surface area contributed by atoms with Gasteiger partial charge in [-0.3, -0.25) is 9.36 Å². The minimum atomic E-state index is -0.160. The molecule has 3 aromatic carbocycles. The van der Waals surface area contributed by atoms with Crippen LogP contribution in [0.5, 0.6) is 17.2 Å². The van der Waals surface area contributed by atoms with Crippen molar-refractivity contribution in [3.63, 3.8) is 0 Å². The lowest BCUT2D eigenvalue weighted by Gasteiger charge is -2.12. The molecule has 0 saturated heterocycles. The van der Waals surface area contributed by atoms with Crippen molar-refractivity contribution in [1.29, 1.82) is 0 Å². The van der Waals surface area contributed by atoms with Crippen LogP contribution in [-0.4, -0.2) is 40.1 Å². The number of hydrogen-bond donors (Lipinski definition) is 1. The van der Waals surface area contributed by atoms with Gasteiger partial charge < -0.3 is 19.5 Å². The van der Waals surface area contributed by atoms with Gasteiger partial charge in [-0.2, -0.15) is 0 Å². The first kappa shape index (κ1) is 25.1. The number of ether oxygens (including phenoxy) is 3. The van der Waals surface area contributed by atoms with Gasteiger partial charge in [-0.05, 0) is 62.4 Å². The van der Waals surface area contributed by atoms with Crippen LogP contribution in [-0.2, 0) is 11.4 Å². The van der Waals surface area contributed by atoms with Crippen molar-refractivity contribution in [1.82, 2.24) is 14.8 Å². The van der Waals surface area contributed by atoms with Gasteiger partial charge in [0.05, 0.1) is 19.5 Å². The lowest BCUT2D eigenvalue weighted by Crippen LogP contribution is -2.15. The predicted molar refractivity (Wildman–Crippen MR) is 140 cm³/mol. The summed E-state index contributed by atoms with van der Waals surface area (Å²) in [6, 6.07) is 22.7. The Labute approximate surface area is 214 Å². The topological polar surface area (TPSA) is 87.5 Å². The quantitative estimate of drug-likeness (QED) is 0.278. The van der Waals surface area contributed by atoms with Crippen LogP contribution >= 0.6 is 11.8 Å². The molecule has 9 heteroatoms. The van der Waals surface area contributed by atoms with Crippen molar-refractivity contribution in [3.8, 4) is 22.9 Å². The zero-order valence-corrected chi connectivity index (χ0v) is 21.2. The Hall–Kier alpha value is -3.98. The van der Waals surface area contributed by atoms with Crippen LogP contribution < -0.4 is 19.5 Å². The first-order chi connectivity index (χ1) is 17.6. The number of nitrogens with zero attached hydrogens (tertiary/aromatic N) is 3. The molecule has 0 saturated carbocycles. The molecule has 4 rings (SSSR count). The van der Waals surface area contributed by atoms with Crippen LogP contribution in [0.15, 0.2) is 78.0 Å². The van der Waals surface area contributed by atoms with Crippen molar-refractivity contribution >= 4 is 23.4 Å². The molecule has 0 atom stereocenters. The first-order valence-corrected chi connectivity index (χ1v) is 12.5. The zero-order valence-electron chi connectivity index (χ0n) is 20.4. The highest BCUT2D eigenvalue weighted by Gasteiger charge is 2.17. The maximum atomic E-state index is 12.6. The Morgan fingerprint density at radius 1 is 0.944 bits per heavy atom. The van der Waals surface area contributed by atoms with Crippen molar-refractivity contribution in [2.45, 2.75) is 25.6 Å². The van der Waals surface area contributed by atoms with E-state index in [9.17, 15) is 4.79 Å². The van der Waals surface area contributed by atoms with Crippen LogP contribution in [0.25, 0.3) is 5.69 Å². The Kier molecular flexibility index (Phi) is 8.46. The lowest BCUT2D eigenvalue weighted by molar-refractivity contribution is -0.113. The third kappa shape index (κ3) is 6.57. The monoisotopic (exact) mass is 504 g/mol. The highest BCUT2D eigenvalue weighted by molar-refractivity contribution is 7.99. The number of thioether (sulfide) groups is 1. The van der Waals surface area contributed by atoms with Crippen molar-refractivity contribution in [2.24, 2.45) is 0 Å². The molecule has 4 aromatic rings. The molecule has 36 heavy (non-hydrogen) atoms. The first-order valence-electron chi connectivity index (χ1n) is 11.5. The van der Waals surface area contributed by atoms with E-state index in [1.165, 1.54) is 11.8 Å². The van der Waals surface area contributed by atoms with Crippen molar-refractivity contribution in [2.75, 3.05) is 24.8 Å². The predicted octanol–water partition coefficient (Wildman–Crippen LogP) is 5.29. The number of anilines is 1. The number of aryl methyl sites for hydroxylation is 1. The van der Waals surface area contributed by atoms with Gasteiger partial charge >= 0.3 is 0 Å². The van der Waals surface area contributed by atoms with E-state index in [0.29, 0.717) is 29.0 Å². The smallest absolute Gasteiger partial charge is 0.234 e. The number of rotatable bonds is 11. The minimum absolute atomic E-state index is 0.158. The van der Waals surface area contributed by atoms with Crippen LogP contribution in [0, 0.1) is 6.92 Å². The Balaban J connectivity index is 1.51. The average Bonchev–Trinajstić information content (AvgIpc) is 3.30. The van der Waals surface area contributed by atoms with Gasteiger partial charge in [0.1, 0.15) is 23.9 Å². The summed E-state index contributed by atoms with van der Waals surface area (Å²) < 4.78 is 18.7. The van der Waals surface area contributed by atoms with Crippen molar-refractivity contribution in [3.05, 3.63) is 84.2 Å². The second-order valence-electron chi connectivity index (χ2n) is 7.83. The molecule has 0 aliphatic carbocycles. The summed E-state index contributed by atoms with van der Waals surface area (Å²) >= 11 is 1.30. The third-order valence-corrected chi connectivity index (χ3v) is 6.11. The van der Waals surface area contributed by atoms with E-state index in [1.54, 1.807) is 13.2 Å². The van der Waals surface area contributed by atoms with E-state index in [2.05, 4.69) is 15.5 Å². The van der Waals surface area contributed by atoms with E-state index in [0.717, 1.165) is 22.7 Å². The van der Waals surface area contributed by atoms with Crippen LogP contribution in [0.2, 0.25) is 0 Å². The summed E-state index contributed by atoms with van der Waals surface area (Å²) in [5.41, 5.74) is 2.67. The summed E-state index contributed by atoms with van der Waals surface area (Å²) in [5, 5.41) is 12.2. The molecular weight excluding hydrogens is 476 g/mol. The number of carbonyl (C=O) groups is 1. The molecule has 1 heterocycles. The van der Waals surface area contributed by atoms with Crippen LogP contribution in [0.1, 0.15) is 18.3 Å². The van der Waals surface area contributed by atoms with Gasteiger partial charge in [0.2, 0.25) is 5.91 Å². The van der Waals surface area contributed by atoms with E-state index in [4.69, 9.17) is 14.2 Å². The number of hydrogen-bond acceptors (Lipinski definition) is 7. The summed E-state index contributed by atoms with van der Waals surface area (Å²) in [7, 11) is 1.59. The molecule has 8 nitrogen and oxygen atoms in total. The Morgan fingerprint density at radius 3 is 2.39 bits per heavy atom. The molecule has 0 radical (unpaired) electrons. The molecule has 0 spiro atoms. The molecule has 0 fully saturated rings. The van der Waals surface area contributed by atoms with Crippen molar-refractivity contribution < 1.29 is 19.0 Å². The fraction of sp³-hybridized carbons (Fsp3) is 0.222. The summed E-state index contributed by atoms with van der Waals surface area (Å²) in [6.45, 7) is 4.78. The number of carbonyl (C=O) groups excluding carboxylic acids is 1. The standard InChI is InChI=1S/C27H28N4O4S/c1-4-34-22-14-10-21(11-15-22)31-25(17-35-23-12-8-19(2)9-13-23)29-30-27(31)36-18-26(32)28-20-6-5-7-24(16-20)33-3/h5-16H,4,17-18H2,1-3H3,(H,28,32). The third-order valence-electron chi connectivity index (χ3n) is 5.18. The van der Waals surface area contributed by atoms with E-state index < -0.39 is 0 Å². The van der Waals surface area contributed by atoms with Gasteiger partial charge in [0.15, 0.2) is 11.0 Å².